The van der Waals surface area contributed by atoms with Crippen LogP contribution in [0.15, 0.2) is 71.5 Å². The van der Waals surface area contributed by atoms with Gasteiger partial charge >= 0.3 is 11.9 Å². The van der Waals surface area contributed by atoms with Crippen LogP contribution >= 0.6 is 0 Å². The molecule has 12 heteroatoms. The SMILES string of the molecule is CC(C)(NC(=O)Cn1nc(-c2ccc(F)cc2F)n(Cc2ccccc2F)c1=O)c1cccc(C(F)(F)F)c1. The van der Waals surface area contributed by atoms with Gasteiger partial charge in [0.15, 0.2) is 5.82 Å². The maximum Gasteiger partial charge on any atom is 0.416 e. The van der Waals surface area contributed by atoms with Gasteiger partial charge in [-0.25, -0.2) is 22.6 Å². The highest BCUT2D eigenvalue weighted by Crippen LogP contribution is 2.32. The largest absolute Gasteiger partial charge is 0.416 e. The van der Waals surface area contributed by atoms with Crippen molar-refractivity contribution in [3.63, 3.8) is 0 Å². The summed E-state index contributed by atoms with van der Waals surface area (Å²) in [4.78, 5) is 26.1. The third-order valence-corrected chi connectivity index (χ3v) is 6.04. The van der Waals surface area contributed by atoms with Gasteiger partial charge in [0, 0.05) is 11.6 Å². The second-order valence-corrected chi connectivity index (χ2v) is 9.32. The molecule has 4 rings (SSSR count). The quantitative estimate of drug-likeness (QED) is 0.321. The summed E-state index contributed by atoms with van der Waals surface area (Å²) in [7, 11) is 0. The minimum absolute atomic E-state index is 0.0815. The summed E-state index contributed by atoms with van der Waals surface area (Å²) in [5.41, 5.74) is -3.06. The lowest BCUT2D eigenvalue weighted by Crippen LogP contribution is -2.44. The molecule has 204 valence electrons. The van der Waals surface area contributed by atoms with Crippen LogP contribution in [-0.2, 0) is 29.6 Å². The number of benzene rings is 3. The maximum atomic E-state index is 14.6. The van der Waals surface area contributed by atoms with Crippen LogP contribution in [0.2, 0.25) is 0 Å². The molecule has 0 aliphatic carbocycles. The number of aromatic nitrogens is 3. The summed E-state index contributed by atoms with van der Waals surface area (Å²) < 4.78 is 83.6. The molecule has 39 heavy (non-hydrogen) atoms. The van der Waals surface area contributed by atoms with Gasteiger partial charge in [0.2, 0.25) is 5.91 Å². The molecule has 0 bridgehead atoms. The lowest BCUT2D eigenvalue weighted by molar-refractivity contribution is -0.137. The van der Waals surface area contributed by atoms with Crippen molar-refractivity contribution < 1.29 is 31.1 Å². The van der Waals surface area contributed by atoms with Gasteiger partial charge in [-0.15, -0.1) is 5.10 Å². The second kappa shape index (κ2) is 10.4. The number of hydrogen-bond donors (Lipinski definition) is 1. The first-order valence-electron chi connectivity index (χ1n) is 11.6. The number of carbonyl (C=O) groups excluding carboxylic acids is 1. The molecule has 0 fully saturated rings. The summed E-state index contributed by atoms with van der Waals surface area (Å²) in [6, 6.07) is 12.6. The third-order valence-electron chi connectivity index (χ3n) is 6.04. The number of halogens is 6. The van der Waals surface area contributed by atoms with E-state index in [9.17, 15) is 35.9 Å². The number of rotatable bonds is 7. The number of nitrogens with one attached hydrogen (secondary N) is 1. The average Bonchev–Trinajstić information content (AvgIpc) is 3.14. The Bertz CT molecular complexity index is 1590. The second-order valence-electron chi connectivity index (χ2n) is 9.32. The van der Waals surface area contributed by atoms with Crippen LogP contribution in [0.25, 0.3) is 11.4 Å². The molecule has 0 unspecified atom stereocenters. The molecule has 0 aliphatic heterocycles. The molecule has 6 nitrogen and oxygen atoms in total. The first kappa shape index (κ1) is 27.7. The molecule has 4 aromatic rings. The summed E-state index contributed by atoms with van der Waals surface area (Å²) in [6.45, 7) is 1.93. The van der Waals surface area contributed by atoms with E-state index in [4.69, 9.17) is 0 Å². The first-order chi connectivity index (χ1) is 18.3. The van der Waals surface area contributed by atoms with E-state index < -0.39 is 52.9 Å². The van der Waals surface area contributed by atoms with Crippen molar-refractivity contribution in [2.45, 2.75) is 38.7 Å². The Morgan fingerprint density at radius 1 is 0.897 bits per heavy atom. The van der Waals surface area contributed by atoms with Crippen molar-refractivity contribution in [1.82, 2.24) is 19.7 Å². The molecule has 1 aromatic heterocycles. The van der Waals surface area contributed by atoms with Crippen molar-refractivity contribution in [3.8, 4) is 11.4 Å². The van der Waals surface area contributed by atoms with Gasteiger partial charge in [-0.1, -0.05) is 30.3 Å². The predicted molar refractivity (Wildman–Crippen MR) is 130 cm³/mol. The Kier molecular flexibility index (Phi) is 7.40. The van der Waals surface area contributed by atoms with Crippen LogP contribution in [-0.4, -0.2) is 20.3 Å². The van der Waals surface area contributed by atoms with Gasteiger partial charge in [0.25, 0.3) is 0 Å². The van der Waals surface area contributed by atoms with Gasteiger partial charge in [-0.3, -0.25) is 9.36 Å². The Balaban J connectivity index is 1.67. The van der Waals surface area contributed by atoms with E-state index in [-0.39, 0.29) is 29.1 Å². The summed E-state index contributed by atoms with van der Waals surface area (Å²) in [5, 5.41) is 6.63. The standard InChI is InChI=1S/C27H22F6N4O2/c1-26(2,17-7-5-8-18(12-17)27(31,32)33)34-23(38)15-37-25(39)36(14-16-6-3-4-9-21(16)29)24(35-37)20-11-10-19(28)13-22(20)30/h3-13H,14-15H2,1-2H3,(H,34,38). The van der Waals surface area contributed by atoms with Gasteiger partial charge < -0.3 is 5.32 Å². The number of nitrogens with zero attached hydrogens (tertiary/aromatic N) is 3. The molecule has 1 amide bonds. The molecule has 0 spiro atoms. The van der Waals surface area contributed by atoms with E-state index in [2.05, 4.69) is 10.4 Å². The van der Waals surface area contributed by atoms with Crippen molar-refractivity contribution in [2.24, 2.45) is 0 Å². The minimum Gasteiger partial charge on any atom is -0.346 e. The van der Waals surface area contributed by atoms with Crippen LogP contribution in [0, 0.1) is 17.5 Å². The molecular weight excluding hydrogens is 526 g/mol. The zero-order chi connectivity index (χ0) is 28.5. The van der Waals surface area contributed by atoms with Crippen LogP contribution in [0.1, 0.15) is 30.5 Å². The lowest BCUT2D eigenvalue weighted by atomic mass is 9.92. The number of alkyl halides is 3. The fourth-order valence-corrected chi connectivity index (χ4v) is 4.03. The zero-order valence-corrected chi connectivity index (χ0v) is 20.7. The van der Waals surface area contributed by atoms with Crippen molar-refractivity contribution >= 4 is 5.91 Å². The lowest BCUT2D eigenvalue weighted by Gasteiger charge is -2.27. The van der Waals surface area contributed by atoms with Crippen LogP contribution in [0.4, 0.5) is 26.3 Å². The molecular formula is C27H22F6N4O2. The molecule has 0 radical (unpaired) electrons. The van der Waals surface area contributed by atoms with Crippen molar-refractivity contribution in [2.75, 3.05) is 0 Å². The van der Waals surface area contributed by atoms with E-state index >= 15 is 0 Å². The van der Waals surface area contributed by atoms with E-state index in [1.165, 1.54) is 50.2 Å². The van der Waals surface area contributed by atoms with E-state index in [0.717, 1.165) is 33.5 Å². The van der Waals surface area contributed by atoms with E-state index in [1.807, 2.05) is 0 Å². The van der Waals surface area contributed by atoms with Gasteiger partial charge in [0.1, 0.15) is 24.0 Å². The number of amides is 1. The summed E-state index contributed by atoms with van der Waals surface area (Å²) >= 11 is 0. The minimum atomic E-state index is -4.58. The van der Waals surface area contributed by atoms with E-state index in [1.54, 1.807) is 0 Å². The average molecular weight is 548 g/mol. The Morgan fingerprint density at radius 2 is 1.59 bits per heavy atom. The molecule has 0 saturated heterocycles. The summed E-state index contributed by atoms with van der Waals surface area (Å²) in [6.07, 6.45) is -4.58. The molecule has 3 aromatic carbocycles. The highest BCUT2D eigenvalue weighted by atomic mass is 19.4. The van der Waals surface area contributed by atoms with E-state index in [0.29, 0.717) is 6.07 Å². The molecule has 1 N–H and O–H groups in total. The highest BCUT2D eigenvalue weighted by Gasteiger charge is 2.33. The predicted octanol–water partition coefficient (Wildman–Crippen LogP) is 5.25. The monoisotopic (exact) mass is 548 g/mol. The third kappa shape index (κ3) is 6.05. The fraction of sp³-hybridized carbons (Fsp3) is 0.222. The fourth-order valence-electron chi connectivity index (χ4n) is 4.03. The van der Waals surface area contributed by atoms with Gasteiger partial charge in [-0.2, -0.15) is 13.2 Å². The molecule has 0 atom stereocenters. The van der Waals surface area contributed by atoms with Crippen molar-refractivity contribution in [1.29, 1.82) is 0 Å². The van der Waals surface area contributed by atoms with Gasteiger partial charge in [-0.05, 0) is 49.7 Å². The normalized spacial score (nSPS) is 12.0. The zero-order valence-electron chi connectivity index (χ0n) is 20.7. The molecule has 1 heterocycles. The topological polar surface area (TPSA) is 68.9 Å². The van der Waals surface area contributed by atoms with Crippen LogP contribution in [0.5, 0.6) is 0 Å². The number of carbonyl (C=O) groups is 1. The highest BCUT2D eigenvalue weighted by molar-refractivity contribution is 5.76. The molecule has 0 saturated carbocycles. The summed E-state index contributed by atoms with van der Waals surface area (Å²) in [5.74, 6) is -3.58. The maximum absolute atomic E-state index is 14.6. The van der Waals surface area contributed by atoms with Crippen LogP contribution in [0.3, 0.4) is 0 Å². The first-order valence-corrected chi connectivity index (χ1v) is 11.6. The van der Waals surface area contributed by atoms with Gasteiger partial charge in [0.05, 0.1) is 23.2 Å². The molecule has 0 aliphatic rings. The van der Waals surface area contributed by atoms with Crippen LogP contribution < -0.4 is 11.0 Å². The smallest absolute Gasteiger partial charge is 0.346 e. The Labute approximate surface area is 218 Å². The number of hydrogen-bond acceptors (Lipinski definition) is 3. The Morgan fingerprint density at radius 3 is 2.26 bits per heavy atom. The Hall–Kier alpha value is -4.35. The van der Waals surface area contributed by atoms with Crippen molar-refractivity contribution in [3.05, 3.63) is 111 Å².